The van der Waals surface area contributed by atoms with Gasteiger partial charge in [-0.3, -0.25) is 4.98 Å². The quantitative estimate of drug-likeness (QED) is 0.569. The molecule has 3 aromatic heterocycles. The van der Waals surface area contributed by atoms with E-state index in [2.05, 4.69) is 20.3 Å². The van der Waals surface area contributed by atoms with Crippen LogP contribution >= 0.6 is 11.3 Å². The Morgan fingerprint density at radius 2 is 1.71 bits per heavy atom. The van der Waals surface area contributed by atoms with Crippen molar-refractivity contribution in [3.8, 4) is 33.5 Å². The maximum atomic E-state index is 5.35. The monoisotopic (exact) mass is 339 g/mol. The van der Waals surface area contributed by atoms with Crippen LogP contribution in [0.25, 0.3) is 26.9 Å². The van der Waals surface area contributed by atoms with Gasteiger partial charge in [-0.1, -0.05) is 11.3 Å². The molecule has 0 N–H and O–H groups in total. The number of fused-ring (bicyclic) bond motifs is 1. The smallest absolute Gasteiger partial charge is 0.235 e. The number of hydrogen-bond acceptors (Lipinski definition) is 7. The third kappa shape index (κ3) is 2.37. The fourth-order valence-electron chi connectivity index (χ4n) is 2.38. The van der Waals surface area contributed by atoms with Crippen LogP contribution in [0.4, 0.5) is 0 Å². The molecule has 0 spiro atoms. The van der Waals surface area contributed by atoms with Crippen LogP contribution in [0.3, 0.4) is 0 Å². The van der Waals surface area contributed by atoms with Gasteiger partial charge in [0.2, 0.25) is 4.96 Å². The second kappa shape index (κ2) is 5.89. The summed E-state index contributed by atoms with van der Waals surface area (Å²) in [5.41, 5.74) is 1.85. The highest BCUT2D eigenvalue weighted by Crippen LogP contribution is 2.33. The van der Waals surface area contributed by atoms with Crippen LogP contribution < -0.4 is 9.47 Å². The minimum atomic E-state index is 0.635. The molecule has 0 fully saturated rings. The molecule has 0 saturated heterocycles. The van der Waals surface area contributed by atoms with Crippen molar-refractivity contribution in [2.75, 3.05) is 14.2 Å². The second-order valence-corrected chi connectivity index (χ2v) is 5.89. The molecular formula is C16H13N5O2S. The molecule has 0 aliphatic heterocycles. The van der Waals surface area contributed by atoms with Crippen molar-refractivity contribution in [3.05, 3.63) is 42.7 Å². The first-order valence-electron chi connectivity index (χ1n) is 7.15. The summed E-state index contributed by atoms with van der Waals surface area (Å²) in [6.07, 6.45) is 3.49. The Hall–Kier alpha value is -3.00. The summed E-state index contributed by atoms with van der Waals surface area (Å²) < 4.78 is 12.4. The normalized spacial score (nSPS) is 10.9. The Bertz CT molecular complexity index is 996. The Labute approximate surface area is 141 Å². The lowest BCUT2D eigenvalue weighted by atomic mass is 10.2. The van der Waals surface area contributed by atoms with E-state index in [1.54, 1.807) is 31.1 Å². The third-order valence-electron chi connectivity index (χ3n) is 3.56. The summed E-state index contributed by atoms with van der Waals surface area (Å²) in [6.45, 7) is 0. The van der Waals surface area contributed by atoms with Crippen LogP contribution in [0.2, 0.25) is 0 Å². The number of ether oxygens (including phenoxy) is 2. The highest BCUT2D eigenvalue weighted by Gasteiger charge is 2.16. The molecule has 0 bridgehead atoms. The van der Waals surface area contributed by atoms with Gasteiger partial charge in [-0.05, 0) is 30.3 Å². The van der Waals surface area contributed by atoms with Crippen molar-refractivity contribution in [2.45, 2.75) is 0 Å². The van der Waals surface area contributed by atoms with Crippen LogP contribution in [0.15, 0.2) is 42.7 Å². The average Bonchev–Trinajstić information content (AvgIpc) is 3.22. The van der Waals surface area contributed by atoms with Gasteiger partial charge in [-0.2, -0.15) is 9.61 Å². The molecule has 0 atom stereocenters. The average molecular weight is 339 g/mol. The van der Waals surface area contributed by atoms with E-state index in [0.717, 1.165) is 21.1 Å². The first kappa shape index (κ1) is 14.6. The van der Waals surface area contributed by atoms with Gasteiger partial charge in [0.15, 0.2) is 17.3 Å². The molecule has 0 aliphatic rings. The maximum Gasteiger partial charge on any atom is 0.235 e. The summed E-state index contributed by atoms with van der Waals surface area (Å²) >= 11 is 1.48. The van der Waals surface area contributed by atoms with Gasteiger partial charge >= 0.3 is 0 Å². The topological polar surface area (TPSA) is 74.4 Å². The van der Waals surface area contributed by atoms with E-state index in [1.807, 2.05) is 30.3 Å². The number of benzene rings is 1. The van der Waals surface area contributed by atoms with Gasteiger partial charge < -0.3 is 9.47 Å². The minimum Gasteiger partial charge on any atom is -0.493 e. The summed E-state index contributed by atoms with van der Waals surface area (Å²) in [4.78, 5) is 4.76. The first-order chi connectivity index (χ1) is 11.8. The van der Waals surface area contributed by atoms with E-state index in [4.69, 9.17) is 9.47 Å². The molecular weight excluding hydrogens is 326 g/mol. The predicted octanol–water partition coefficient (Wildman–Crippen LogP) is 2.93. The van der Waals surface area contributed by atoms with E-state index in [-0.39, 0.29) is 0 Å². The molecule has 4 aromatic rings. The van der Waals surface area contributed by atoms with E-state index in [1.165, 1.54) is 11.3 Å². The lowest BCUT2D eigenvalue weighted by Crippen LogP contribution is -1.94. The van der Waals surface area contributed by atoms with Crippen molar-refractivity contribution in [1.82, 2.24) is 24.8 Å². The third-order valence-corrected chi connectivity index (χ3v) is 4.51. The van der Waals surface area contributed by atoms with Gasteiger partial charge in [-0.15, -0.1) is 10.2 Å². The SMILES string of the molecule is COc1ccc(-c2nnc3sc(-c4ccncc4)nn23)cc1OC. The van der Waals surface area contributed by atoms with Crippen molar-refractivity contribution < 1.29 is 9.47 Å². The van der Waals surface area contributed by atoms with Gasteiger partial charge in [0.25, 0.3) is 0 Å². The van der Waals surface area contributed by atoms with Crippen molar-refractivity contribution in [3.63, 3.8) is 0 Å². The van der Waals surface area contributed by atoms with Gasteiger partial charge in [0.1, 0.15) is 5.01 Å². The number of pyridine rings is 1. The summed E-state index contributed by atoms with van der Waals surface area (Å²) in [5, 5.41) is 14.0. The fourth-order valence-corrected chi connectivity index (χ4v) is 3.23. The molecule has 0 radical (unpaired) electrons. The number of aromatic nitrogens is 5. The molecule has 0 aliphatic carbocycles. The Balaban J connectivity index is 1.82. The van der Waals surface area contributed by atoms with Crippen LogP contribution in [0, 0.1) is 0 Å². The van der Waals surface area contributed by atoms with Gasteiger partial charge in [-0.25, -0.2) is 0 Å². The van der Waals surface area contributed by atoms with E-state index in [0.29, 0.717) is 17.3 Å². The van der Waals surface area contributed by atoms with E-state index >= 15 is 0 Å². The zero-order chi connectivity index (χ0) is 16.5. The van der Waals surface area contributed by atoms with Crippen LogP contribution in [0.1, 0.15) is 0 Å². The zero-order valence-corrected chi connectivity index (χ0v) is 13.8. The molecule has 120 valence electrons. The molecule has 0 saturated carbocycles. The first-order valence-corrected chi connectivity index (χ1v) is 7.97. The molecule has 0 amide bonds. The molecule has 0 unspecified atom stereocenters. The Kier molecular flexibility index (Phi) is 3.58. The summed E-state index contributed by atoms with van der Waals surface area (Å²) in [5.74, 6) is 1.96. The predicted molar refractivity (Wildman–Crippen MR) is 90.4 cm³/mol. The maximum absolute atomic E-state index is 5.35. The second-order valence-electron chi connectivity index (χ2n) is 4.93. The molecule has 8 heteroatoms. The minimum absolute atomic E-state index is 0.635. The van der Waals surface area contributed by atoms with Crippen molar-refractivity contribution >= 4 is 16.3 Å². The molecule has 1 aromatic carbocycles. The van der Waals surface area contributed by atoms with Gasteiger partial charge in [0, 0.05) is 23.5 Å². The number of methoxy groups -OCH3 is 2. The van der Waals surface area contributed by atoms with Gasteiger partial charge in [0.05, 0.1) is 14.2 Å². The summed E-state index contributed by atoms with van der Waals surface area (Å²) in [7, 11) is 3.21. The summed E-state index contributed by atoms with van der Waals surface area (Å²) in [6, 6.07) is 9.44. The van der Waals surface area contributed by atoms with E-state index < -0.39 is 0 Å². The number of nitrogens with zero attached hydrogens (tertiary/aromatic N) is 5. The number of hydrogen-bond donors (Lipinski definition) is 0. The zero-order valence-electron chi connectivity index (χ0n) is 13.0. The molecule has 4 rings (SSSR count). The molecule has 7 nitrogen and oxygen atoms in total. The standard InChI is InChI=1S/C16H13N5O2S/c1-22-12-4-3-11(9-13(12)23-2)14-18-19-16-21(14)20-15(24-16)10-5-7-17-8-6-10/h3-9H,1-2H3. The highest BCUT2D eigenvalue weighted by atomic mass is 32.1. The van der Waals surface area contributed by atoms with Crippen molar-refractivity contribution in [1.29, 1.82) is 0 Å². The van der Waals surface area contributed by atoms with Crippen molar-refractivity contribution in [2.24, 2.45) is 0 Å². The molecule has 24 heavy (non-hydrogen) atoms. The largest absolute Gasteiger partial charge is 0.493 e. The van der Waals surface area contributed by atoms with Crippen LogP contribution in [0.5, 0.6) is 11.5 Å². The lowest BCUT2D eigenvalue weighted by Gasteiger charge is -2.08. The fraction of sp³-hybridized carbons (Fsp3) is 0.125. The van der Waals surface area contributed by atoms with Crippen LogP contribution in [-0.4, -0.2) is 39.0 Å². The lowest BCUT2D eigenvalue weighted by molar-refractivity contribution is 0.355. The van der Waals surface area contributed by atoms with E-state index in [9.17, 15) is 0 Å². The molecule has 3 heterocycles. The Morgan fingerprint density at radius 3 is 2.46 bits per heavy atom. The van der Waals surface area contributed by atoms with Crippen LogP contribution in [-0.2, 0) is 0 Å². The highest BCUT2D eigenvalue weighted by molar-refractivity contribution is 7.19. The number of rotatable bonds is 4. The Morgan fingerprint density at radius 1 is 0.917 bits per heavy atom.